The molecule has 1 aliphatic heterocycles. The third-order valence-electron chi connectivity index (χ3n) is 6.06. The molecule has 186 valence electrons. The second-order valence-electron chi connectivity index (χ2n) is 8.16. The number of ketones is 1. The van der Waals surface area contributed by atoms with Crippen LogP contribution in [0, 0.1) is 11.6 Å². The maximum atomic E-state index is 14.1. The van der Waals surface area contributed by atoms with Gasteiger partial charge in [0.05, 0.1) is 25.3 Å². The van der Waals surface area contributed by atoms with Crippen LogP contribution >= 0.6 is 0 Å². The Balaban J connectivity index is 1.95. The Morgan fingerprint density at radius 2 is 1.67 bits per heavy atom. The van der Waals surface area contributed by atoms with Gasteiger partial charge in [-0.15, -0.1) is 0 Å². The van der Waals surface area contributed by atoms with E-state index in [-0.39, 0.29) is 17.0 Å². The number of aryl methyl sites for hydroxylation is 1. The zero-order valence-corrected chi connectivity index (χ0v) is 20.0. The molecule has 0 spiro atoms. The number of Topliss-reactive ketones (excluding diaryl/α,β-unsaturated/α-hetero) is 1. The van der Waals surface area contributed by atoms with Crippen LogP contribution < -0.4 is 14.4 Å². The minimum atomic E-state index is -1.17. The lowest BCUT2D eigenvalue weighted by Crippen LogP contribution is -2.29. The van der Waals surface area contributed by atoms with E-state index < -0.39 is 29.4 Å². The first-order chi connectivity index (χ1) is 17.3. The van der Waals surface area contributed by atoms with Crippen molar-refractivity contribution in [2.24, 2.45) is 0 Å². The van der Waals surface area contributed by atoms with Crippen molar-refractivity contribution in [1.82, 2.24) is 0 Å². The van der Waals surface area contributed by atoms with Crippen molar-refractivity contribution in [2.75, 3.05) is 18.6 Å². The lowest BCUT2D eigenvalue weighted by molar-refractivity contribution is -0.132. The molecule has 4 rings (SSSR count). The van der Waals surface area contributed by atoms with Crippen molar-refractivity contribution < 1.29 is 33.0 Å². The highest BCUT2D eigenvalue weighted by Gasteiger charge is 2.47. The third kappa shape index (κ3) is 4.42. The number of ether oxygens (including phenoxy) is 2. The van der Waals surface area contributed by atoms with E-state index in [1.165, 1.54) is 13.2 Å². The number of hydrogen-bond acceptors (Lipinski definition) is 5. The zero-order valence-electron chi connectivity index (χ0n) is 20.0. The molecule has 1 N–H and O–H groups in total. The van der Waals surface area contributed by atoms with Gasteiger partial charge in [-0.05, 0) is 48.7 Å². The summed E-state index contributed by atoms with van der Waals surface area (Å²) in [7, 11) is 1.48. The van der Waals surface area contributed by atoms with Gasteiger partial charge in [0.2, 0.25) is 0 Å². The van der Waals surface area contributed by atoms with E-state index in [0.717, 1.165) is 29.0 Å². The van der Waals surface area contributed by atoms with Crippen LogP contribution in [0.1, 0.15) is 36.6 Å². The molecule has 36 heavy (non-hydrogen) atoms. The van der Waals surface area contributed by atoms with E-state index in [0.29, 0.717) is 29.2 Å². The van der Waals surface area contributed by atoms with Crippen molar-refractivity contribution in [3.05, 3.63) is 94.6 Å². The minimum absolute atomic E-state index is 0.0323. The Kier molecular flexibility index (Phi) is 7.05. The number of methoxy groups -OCH3 is 1. The SMILES string of the molecule is CCOc1cc(C2/C(=C(\O)c3ccc(CC)cc3)C(=O)C(=O)N2c2ccc(F)c(F)c2)ccc1OC. The van der Waals surface area contributed by atoms with Gasteiger partial charge >= 0.3 is 0 Å². The summed E-state index contributed by atoms with van der Waals surface area (Å²) in [5.74, 6) is -3.78. The average Bonchev–Trinajstić information content (AvgIpc) is 3.15. The predicted octanol–water partition coefficient (Wildman–Crippen LogP) is 5.56. The number of anilines is 1. The fourth-order valence-corrected chi connectivity index (χ4v) is 4.23. The number of aliphatic hydroxyl groups excluding tert-OH is 1. The Morgan fingerprint density at radius 1 is 0.944 bits per heavy atom. The first-order valence-electron chi connectivity index (χ1n) is 11.5. The highest BCUT2D eigenvalue weighted by atomic mass is 19.2. The number of carbonyl (C=O) groups is 2. The first kappa shape index (κ1) is 24.9. The van der Waals surface area contributed by atoms with Crippen LogP contribution in [0.5, 0.6) is 11.5 Å². The maximum Gasteiger partial charge on any atom is 0.300 e. The summed E-state index contributed by atoms with van der Waals surface area (Å²) in [5, 5.41) is 11.2. The molecule has 1 fully saturated rings. The van der Waals surface area contributed by atoms with Gasteiger partial charge in [-0.3, -0.25) is 14.5 Å². The molecular formula is C28H25F2NO5. The van der Waals surface area contributed by atoms with Crippen LogP contribution in [0.4, 0.5) is 14.5 Å². The maximum absolute atomic E-state index is 14.1. The van der Waals surface area contributed by atoms with E-state index in [4.69, 9.17) is 9.47 Å². The number of hydrogen-bond donors (Lipinski definition) is 1. The molecule has 0 saturated carbocycles. The molecular weight excluding hydrogens is 468 g/mol. The van der Waals surface area contributed by atoms with Gasteiger partial charge in [-0.25, -0.2) is 8.78 Å². The van der Waals surface area contributed by atoms with Crippen LogP contribution in [0.2, 0.25) is 0 Å². The summed E-state index contributed by atoms with van der Waals surface area (Å²) in [5.41, 5.74) is 1.58. The molecule has 1 saturated heterocycles. The van der Waals surface area contributed by atoms with Crippen molar-refractivity contribution in [1.29, 1.82) is 0 Å². The molecule has 1 amide bonds. The van der Waals surface area contributed by atoms with Gasteiger partial charge in [0.15, 0.2) is 23.1 Å². The number of benzene rings is 3. The van der Waals surface area contributed by atoms with Crippen LogP contribution in [-0.2, 0) is 16.0 Å². The molecule has 3 aromatic rings. The van der Waals surface area contributed by atoms with E-state index in [1.54, 1.807) is 37.3 Å². The van der Waals surface area contributed by atoms with E-state index in [1.807, 2.05) is 19.1 Å². The molecule has 1 aliphatic rings. The summed E-state index contributed by atoms with van der Waals surface area (Å²) >= 11 is 0. The number of rotatable bonds is 7. The molecule has 8 heteroatoms. The third-order valence-corrected chi connectivity index (χ3v) is 6.06. The molecule has 0 aliphatic carbocycles. The van der Waals surface area contributed by atoms with E-state index in [2.05, 4.69) is 0 Å². The van der Waals surface area contributed by atoms with Crippen LogP contribution in [0.25, 0.3) is 5.76 Å². The summed E-state index contributed by atoms with van der Waals surface area (Å²) < 4.78 is 38.8. The molecule has 6 nitrogen and oxygen atoms in total. The van der Waals surface area contributed by atoms with Gasteiger partial charge in [0.25, 0.3) is 11.7 Å². The second-order valence-corrected chi connectivity index (χ2v) is 8.16. The highest BCUT2D eigenvalue weighted by Crippen LogP contribution is 2.44. The van der Waals surface area contributed by atoms with Gasteiger partial charge < -0.3 is 14.6 Å². The van der Waals surface area contributed by atoms with Gasteiger partial charge in [-0.1, -0.05) is 37.3 Å². The largest absolute Gasteiger partial charge is 0.507 e. The van der Waals surface area contributed by atoms with Gasteiger partial charge in [0, 0.05) is 17.3 Å². The summed E-state index contributed by atoms with van der Waals surface area (Å²) in [4.78, 5) is 27.5. The lowest BCUT2D eigenvalue weighted by atomic mass is 9.94. The normalized spacial score (nSPS) is 16.9. The summed E-state index contributed by atoms with van der Waals surface area (Å²) in [6.45, 7) is 4.11. The predicted molar refractivity (Wildman–Crippen MR) is 131 cm³/mol. The van der Waals surface area contributed by atoms with Crippen molar-refractivity contribution in [2.45, 2.75) is 26.3 Å². The van der Waals surface area contributed by atoms with Crippen LogP contribution in [0.3, 0.4) is 0 Å². The Morgan fingerprint density at radius 3 is 2.28 bits per heavy atom. The summed E-state index contributed by atoms with van der Waals surface area (Å²) in [6, 6.07) is 13.6. The topological polar surface area (TPSA) is 76.1 Å². The Labute approximate surface area is 207 Å². The highest BCUT2D eigenvalue weighted by molar-refractivity contribution is 6.51. The fourth-order valence-electron chi connectivity index (χ4n) is 4.23. The number of amides is 1. The zero-order chi connectivity index (χ0) is 26.0. The fraction of sp³-hybridized carbons (Fsp3) is 0.214. The minimum Gasteiger partial charge on any atom is -0.507 e. The lowest BCUT2D eigenvalue weighted by Gasteiger charge is -2.26. The Bertz CT molecular complexity index is 1350. The Hall–Kier alpha value is -4.20. The number of carbonyl (C=O) groups excluding carboxylic acids is 2. The van der Waals surface area contributed by atoms with Gasteiger partial charge in [-0.2, -0.15) is 0 Å². The summed E-state index contributed by atoms with van der Waals surface area (Å²) in [6.07, 6.45) is 0.785. The van der Waals surface area contributed by atoms with E-state index in [9.17, 15) is 23.5 Å². The molecule has 1 heterocycles. The quantitative estimate of drug-likeness (QED) is 0.265. The van der Waals surface area contributed by atoms with Crippen molar-refractivity contribution in [3.8, 4) is 11.5 Å². The van der Waals surface area contributed by atoms with Crippen molar-refractivity contribution in [3.63, 3.8) is 0 Å². The monoisotopic (exact) mass is 493 g/mol. The molecule has 0 radical (unpaired) electrons. The molecule has 1 unspecified atom stereocenters. The molecule has 1 atom stereocenters. The van der Waals surface area contributed by atoms with E-state index >= 15 is 0 Å². The second kappa shape index (κ2) is 10.2. The molecule has 0 bridgehead atoms. The smallest absolute Gasteiger partial charge is 0.300 e. The van der Waals surface area contributed by atoms with Crippen molar-refractivity contribution >= 4 is 23.1 Å². The number of halogens is 2. The standard InChI is InChI=1S/C28H25F2NO5/c1-4-16-6-8-17(9-7-16)26(32)24-25(18-10-13-22(35-3)23(14-18)36-5-2)31(28(34)27(24)33)19-11-12-20(29)21(30)15-19/h6-15,25,32H,4-5H2,1-3H3/b26-24+. The first-order valence-corrected chi connectivity index (χ1v) is 11.5. The van der Waals surface area contributed by atoms with Gasteiger partial charge in [0.1, 0.15) is 5.76 Å². The molecule has 0 aromatic heterocycles. The number of nitrogens with zero attached hydrogens (tertiary/aromatic N) is 1. The molecule has 3 aromatic carbocycles. The van der Waals surface area contributed by atoms with Crippen LogP contribution in [-0.4, -0.2) is 30.5 Å². The average molecular weight is 494 g/mol. The van der Waals surface area contributed by atoms with Crippen LogP contribution in [0.15, 0.2) is 66.2 Å². The number of aliphatic hydroxyl groups is 1.